The maximum absolute atomic E-state index is 10.7. The Morgan fingerprint density at radius 3 is 2.53 bits per heavy atom. The molecule has 2 aromatic rings. The van der Waals surface area contributed by atoms with Crippen LogP contribution in [0.1, 0.15) is 51.2 Å². The Labute approximate surface area is 115 Å². The number of nitrogens with zero attached hydrogens (tertiary/aromatic N) is 1. The van der Waals surface area contributed by atoms with E-state index in [0.29, 0.717) is 5.92 Å². The first-order chi connectivity index (χ1) is 9.27. The molecule has 0 spiro atoms. The first kappa shape index (κ1) is 14.0. The van der Waals surface area contributed by atoms with Crippen LogP contribution in [0.15, 0.2) is 36.7 Å². The van der Waals surface area contributed by atoms with Gasteiger partial charge in [-0.1, -0.05) is 44.9 Å². The first-order valence-electron chi connectivity index (χ1n) is 7.28. The van der Waals surface area contributed by atoms with E-state index in [4.69, 9.17) is 0 Å². The van der Waals surface area contributed by atoms with Crippen LogP contribution in [0.25, 0.3) is 10.8 Å². The zero-order chi connectivity index (χ0) is 13.7. The summed E-state index contributed by atoms with van der Waals surface area (Å²) in [6.07, 6.45) is 7.66. The number of aromatic nitrogens is 1. The summed E-state index contributed by atoms with van der Waals surface area (Å²) in [4.78, 5) is 4.20. The number of hydrogen-bond donors (Lipinski definition) is 1. The van der Waals surface area contributed by atoms with Crippen LogP contribution in [0.5, 0.6) is 0 Å². The van der Waals surface area contributed by atoms with Crippen molar-refractivity contribution in [3.63, 3.8) is 0 Å². The van der Waals surface area contributed by atoms with Gasteiger partial charge in [-0.05, 0) is 35.8 Å². The average Bonchev–Trinajstić information content (AvgIpc) is 2.46. The van der Waals surface area contributed by atoms with Crippen LogP contribution < -0.4 is 0 Å². The Bertz CT molecular complexity index is 512. The van der Waals surface area contributed by atoms with Crippen molar-refractivity contribution in [1.29, 1.82) is 0 Å². The molecule has 0 saturated carbocycles. The Kier molecular flexibility index (Phi) is 4.92. The molecular weight excluding hydrogens is 234 g/mol. The van der Waals surface area contributed by atoms with Crippen LogP contribution in [0, 0.1) is 5.92 Å². The second-order valence-electron chi connectivity index (χ2n) is 5.23. The predicted octanol–water partition coefficient (Wildman–Crippen LogP) is 4.48. The van der Waals surface area contributed by atoms with Gasteiger partial charge in [0.1, 0.15) is 0 Å². The lowest BCUT2D eigenvalue weighted by Gasteiger charge is -2.23. The molecule has 0 fully saturated rings. The minimum Gasteiger partial charge on any atom is -0.388 e. The van der Waals surface area contributed by atoms with Crippen molar-refractivity contribution in [1.82, 2.24) is 4.98 Å². The maximum atomic E-state index is 10.7. The van der Waals surface area contributed by atoms with Crippen LogP contribution >= 0.6 is 0 Å². The molecule has 0 aliphatic carbocycles. The maximum Gasteiger partial charge on any atom is 0.0824 e. The summed E-state index contributed by atoms with van der Waals surface area (Å²) in [7, 11) is 0. The largest absolute Gasteiger partial charge is 0.388 e. The lowest BCUT2D eigenvalue weighted by atomic mass is 9.86. The lowest BCUT2D eigenvalue weighted by Crippen LogP contribution is -2.13. The number of benzene rings is 1. The Balaban J connectivity index is 2.36. The van der Waals surface area contributed by atoms with Crippen LogP contribution in [-0.2, 0) is 0 Å². The third kappa shape index (κ3) is 3.13. The molecule has 0 aliphatic rings. The molecule has 2 heteroatoms. The molecule has 19 heavy (non-hydrogen) atoms. The molecule has 1 aromatic carbocycles. The van der Waals surface area contributed by atoms with Crippen LogP contribution in [0.3, 0.4) is 0 Å². The second kappa shape index (κ2) is 6.67. The number of pyridine rings is 1. The molecule has 0 aliphatic heterocycles. The first-order valence-corrected chi connectivity index (χ1v) is 7.28. The fourth-order valence-electron chi connectivity index (χ4n) is 2.85. The summed E-state index contributed by atoms with van der Waals surface area (Å²) in [5, 5.41) is 12.9. The zero-order valence-corrected chi connectivity index (χ0v) is 11.8. The monoisotopic (exact) mass is 257 g/mol. The lowest BCUT2D eigenvalue weighted by molar-refractivity contribution is 0.0977. The number of rotatable bonds is 6. The van der Waals surface area contributed by atoms with E-state index >= 15 is 0 Å². The van der Waals surface area contributed by atoms with Crippen molar-refractivity contribution in [3.05, 3.63) is 42.2 Å². The zero-order valence-electron chi connectivity index (χ0n) is 11.8. The average molecular weight is 257 g/mol. The highest BCUT2D eigenvalue weighted by atomic mass is 16.3. The summed E-state index contributed by atoms with van der Waals surface area (Å²) in [5.74, 6) is 0.348. The van der Waals surface area contributed by atoms with E-state index < -0.39 is 0 Å². The Morgan fingerprint density at radius 2 is 1.84 bits per heavy atom. The van der Waals surface area contributed by atoms with Crippen LogP contribution in [0.4, 0.5) is 0 Å². The third-order valence-electron chi connectivity index (χ3n) is 3.80. The molecule has 2 rings (SSSR count). The minimum absolute atomic E-state index is 0.348. The number of hydrogen-bond acceptors (Lipinski definition) is 2. The molecule has 1 N–H and O–H groups in total. The molecule has 1 aromatic heterocycles. The van der Waals surface area contributed by atoms with Crippen molar-refractivity contribution in [3.8, 4) is 0 Å². The topological polar surface area (TPSA) is 33.1 Å². The summed E-state index contributed by atoms with van der Waals surface area (Å²) in [6.45, 7) is 4.36. The van der Waals surface area contributed by atoms with Gasteiger partial charge < -0.3 is 5.11 Å². The van der Waals surface area contributed by atoms with Gasteiger partial charge in [-0.3, -0.25) is 4.98 Å². The number of aliphatic hydroxyl groups is 1. The molecule has 102 valence electrons. The molecule has 1 heterocycles. The summed E-state index contributed by atoms with van der Waals surface area (Å²) in [6, 6.07) is 8.13. The highest BCUT2D eigenvalue weighted by Crippen LogP contribution is 2.33. The highest BCUT2D eigenvalue weighted by molar-refractivity contribution is 5.85. The smallest absolute Gasteiger partial charge is 0.0824 e. The Hall–Kier alpha value is -1.41. The molecule has 2 nitrogen and oxygen atoms in total. The molecule has 0 saturated heterocycles. The van der Waals surface area contributed by atoms with Crippen molar-refractivity contribution in [2.75, 3.05) is 0 Å². The fourth-order valence-corrected chi connectivity index (χ4v) is 2.85. The SMILES string of the molecule is CCCC(CCC)C(O)c1cccc2ccncc12. The molecule has 1 atom stereocenters. The third-order valence-corrected chi connectivity index (χ3v) is 3.80. The highest BCUT2D eigenvalue weighted by Gasteiger charge is 2.21. The molecular formula is C17H23NO. The molecule has 1 unspecified atom stereocenters. The van der Waals surface area contributed by atoms with E-state index in [-0.39, 0.29) is 6.10 Å². The van der Waals surface area contributed by atoms with Crippen molar-refractivity contribution >= 4 is 10.8 Å². The van der Waals surface area contributed by atoms with E-state index in [1.54, 1.807) is 6.20 Å². The Morgan fingerprint density at radius 1 is 1.11 bits per heavy atom. The van der Waals surface area contributed by atoms with Crippen molar-refractivity contribution < 1.29 is 5.11 Å². The van der Waals surface area contributed by atoms with Gasteiger partial charge in [0.05, 0.1) is 6.10 Å². The number of fused-ring (bicyclic) bond motifs is 1. The van der Waals surface area contributed by atoms with E-state index in [1.807, 2.05) is 24.4 Å². The second-order valence-corrected chi connectivity index (χ2v) is 5.23. The van der Waals surface area contributed by atoms with Gasteiger partial charge in [0.2, 0.25) is 0 Å². The van der Waals surface area contributed by atoms with Crippen molar-refractivity contribution in [2.24, 2.45) is 5.92 Å². The van der Waals surface area contributed by atoms with E-state index in [1.165, 1.54) is 0 Å². The molecule has 0 bridgehead atoms. The standard InChI is InChI=1S/C17H23NO/c1-3-6-14(7-4-2)17(19)15-9-5-8-13-10-11-18-12-16(13)15/h5,8-12,14,17,19H,3-4,6-7H2,1-2H3. The fraction of sp³-hybridized carbons (Fsp3) is 0.471. The van der Waals surface area contributed by atoms with E-state index in [0.717, 1.165) is 42.0 Å². The predicted molar refractivity (Wildman–Crippen MR) is 80.0 cm³/mol. The van der Waals surface area contributed by atoms with Gasteiger partial charge in [-0.15, -0.1) is 0 Å². The van der Waals surface area contributed by atoms with Gasteiger partial charge in [0.25, 0.3) is 0 Å². The van der Waals surface area contributed by atoms with Gasteiger partial charge in [0.15, 0.2) is 0 Å². The van der Waals surface area contributed by atoms with Crippen LogP contribution in [-0.4, -0.2) is 10.1 Å². The summed E-state index contributed by atoms with van der Waals surface area (Å²) >= 11 is 0. The summed E-state index contributed by atoms with van der Waals surface area (Å²) in [5.41, 5.74) is 1.03. The molecule has 0 amide bonds. The quantitative estimate of drug-likeness (QED) is 0.827. The van der Waals surface area contributed by atoms with Gasteiger partial charge >= 0.3 is 0 Å². The van der Waals surface area contributed by atoms with Gasteiger partial charge in [0, 0.05) is 17.8 Å². The van der Waals surface area contributed by atoms with E-state index in [9.17, 15) is 5.11 Å². The van der Waals surface area contributed by atoms with E-state index in [2.05, 4.69) is 24.9 Å². The van der Waals surface area contributed by atoms with Crippen LogP contribution in [0.2, 0.25) is 0 Å². The number of aliphatic hydroxyl groups excluding tert-OH is 1. The minimum atomic E-state index is -0.382. The normalized spacial score (nSPS) is 13.1. The molecule has 0 radical (unpaired) electrons. The van der Waals surface area contributed by atoms with Gasteiger partial charge in [-0.25, -0.2) is 0 Å². The van der Waals surface area contributed by atoms with Gasteiger partial charge in [-0.2, -0.15) is 0 Å². The van der Waals surface area contributed by atoms with Crippen molar-refractivity contribution in [2.45, 2.75) is 45.6 Å². The summed E-state index contributed by atoms with van der Waals surface area (Å²) < 4.78 is 0.